The van der Waals surface area contributed by atoms with Crippen molar-refractivity contribution in [3.63, 3.8) is 0 Å². The Morgan fingerprint density at radius 2 is 2.35 bits per heavy atom. The highest BCUT2D eigenvalue weighted by Gasteiger charge is 2.46. The van der Waals surface area contributed by atoms with E-state index in [-0.39, 0.29) is 0 Å². The Kier molecular flexibility index (Phi) is 3.21. The van der Waals surface area contributed by atoms with Gasteiger partial charge in [0.2, 0.25) is 0 Å². The van der Waals surface area contributed by atoms with E-state index in [0.717, 1.165) is 0 Å². The minimum atomic E-state index is -1.66. The van der Waals surface area contributed by atoms with Gasteiger partial charge in [0.05, 0.1) is 18.5 Å². The van der Waals surface area contributed by atoms with E-state index in [1.807, 2.05) is 0 Å². The summed E-state index contributed by atoms with van der Waals surface area (Å²) in [6, 6.07) is 0. The number of ether oxygens (including phenoxy) is 1. The molecule has 5 N–H and O–H groups in total. The van der Waals surface area contributed by atoms with Crippen LogP contribution < -0.4 is 11.1 Å². The van der Waals surface area contributed by atoms with Crippen molar-refractivity contribution in [2.24, 2.45) is 10.8 Å². The van der Waals surface area contributed by atoms with Crippen molar-refractivity contribution in [1.29, 1.82) is 0 Å². The molecular formula is C11H16FN5O3. The Hall–Kier alpha value is -1.55. The summed E-state index contributed by atoms with van der Waals surface area (Å²) in [5.41, 5.74) is 6.22. The van der Waals surface area contributed by atoms with E-state index in [9.17, 15) is 9.50 Å². The summed E-state index contributed by atoms with van der Waals surface area (Å²) >= 11 is 0. The molecule has 0 radical (unpaired) electrons. The summed E-state index contributed by atoms with van der Waals surface area (Å²) in [4.78, 5) is 4.10. The van der Waals surface area contributed by atoms with Gasteiger partial charge in [-0.25, -0.2) is 14.1 Å². The summed E-state index contributed by atoms with van der Waals surface area (Å²) in [5, 5.41) is 25.8. The molecule has 3 heterocycles. The number of nitrogens with zero attached hydrogens (tertiary/aromatic N) is 3. The number of fused-ring (bicyclic) bond motifs is 1. The van der Waals surface area contributed by atoms with E-state index < -0.39 is 37.3 Å². The molecule has 2 aliphatic heterocycles. The van der Waals surface area contributed by atoms with Crippen LogP contribution in [0.4, 0.5) is 4.39 Å². The highest BCUT2D eigenvalue weighted by Crippen LogP contribution is 2.36. The first-order valence-electron chi connectivity index (χ1n) is 6.26. The smallest absolute Gasteiger partial charge is 0.167 e. The van der Waals surface area contributed by atoms with Gasteiger partial charge in [0, 0.05) is 0 Å². The molecule has 0 amide bonds. The third kappa shape index (κ3) is 1.90. The van der Waals surface area contributed by atoms with Crippen LogP contribution in [0.25, 0.3) is 0 Å². The van der Waals surface area contributed by atoms with Crippen molar-refractivity contribution < 1.29 is 19.3 Å². The molecule has 1 unspecified atom stereocenters. The minimum absolute atomic E-state index is 0.360. The number of hydrogen-bond acceptors (Lipinski definition) is 7. The van der Waals surface area contributed by atoms with Gasteiger partial charge in [0.25, 0.3) is 0 Å². The minimum Gasteiger partial charge on any atom is -0.394 e. The molecule has 110 valence electrons. The zero-order valence-electron chi connectivity index (χ0n) is 10.8. The molecular weight excluding hydrogens is 269 g/mol. The lowest BCUT2D eigenvalue weighted by atomic mass is 10.1. The Morgan fingerprint density at radius 1 is 1.60 bits per heavy atom. The lowest BCUT2D eigenvalue weighted by Crippen LogP contribution is -2.38. The molecule has 0 aliphatic carbocycles. The number of alkyl halides is 1. The molecule has 1 aromatic rings. The Labute approximate surface area is 114 Å². The van der Waals surface area contributed by atoms with Gasteiger partial charge < -0.3 is 26.0 Å². The predicted octanol–water partition coefficient (Wildman–Crippen LogP) is -1.24. The van der Waals surface area contributed by atoms with Crippen LogP contribution in [0.2, 0.25) is 0 Å². The molecule has 1 saturated heterocycles. The van der Waals surface area contributed by atoms with Crippen molar-refractivity contribution in [2.75, 3.05) is 6.61 Å². The van der Waals surface area contributed by atoms with Crippen molar-refractivity contribution in [1.82, 2.24) is 15.0 Å². The maximum Gasteiger partial charge on any atom is 0.167 e. The Morgan fingerprint density at radius 3 is 3.00 bits per heavy atom. The van der Waals surface area contributed by atoms with E-state index >= 15 is 0 Å². The number of aliphatic hydroxyl groups excluding tert-OH is 2. The van der Waals surface area contributed by atoms with Crippen LogP contribution in [0, 0.1) is 0 Å². The molecule has 0 saturated carbocycles. The lowest BCUT2D eigenvalue weighted by molar-refractivity contribution is -0.0245. The zero-order valence-corrected chi connectivity index (χ0v) is 10.8. The van der Waals surface area contributed by atoms with E-state index in [1.54, 1.807) is 6.92 Å². The molecule has 9 heteroatoms. The number of halogens is 1. The monoisotopic (exact) mass is 285 g/mol. The predicted molar refractivity (Wildman–Crippen MR) is 66.4 cm³/mol. The number of nitrogens with one attached hydrogen (secondary N) is 1. The second kappa shape index (κ2) is 4.77. The summed E-state index contributed by atoms with van der Waals surface area (Å²) in [6.45, 7) is 1.27. The van der Waals surface area contributed by atoms with Gasteiger partial charge in [0.15, 0.2) is 12.0 Å². The third-order valence-corrected chi connectivity index (χ3v) is 3.47. The van der Waals surface area contributed by atoms with Gasteiger partial charge in [-0.05, 0) is 6.92 Å². The highest BCUT2D eigenvalue weighted by atomic mass is 19.1. The SMILES string of the molecule is CC1=Nn2c([C@@H]3O[C@H](CO)[C@@H](O)[C@H]3F)cnc2C(N)N1. The summed E-state index contributed by atoms with van der Waals surface area (Å²) in [5.74, 6) is 1.00. The van der Waals surface area contributed by atoms with Crippen LogP contribution in [-0.2, 0) is 4.74 Å². The van der Waals surface area contributed by atoms with E-state index in [1.165, 1.54) is 10.9 Å². The van der Waals surface area contributed by atoms with Gasteiger partial charge in [-0.1, -0.05) is 0 Å². The van der Waals surface area contributed by atoms with Crippen molar-refractivity contribution in [3.05, 3.63) is 17.7 Å². The van der Waals surface area contributed by atoms with Gasteiger partial charge >= 0.3 is 0 Å². The van der Waals surface area contributed by atoms with E-state index in [4.69, 9.17) is 15.6 Å². The van der Waals surface area contributed by atoms with Crippen LogP contribution in [0.15, 0.2) is 11.3 Å². The number of rotatable bonds is 2. The molecule has 3 rings (SSSR count). The normalized spacial score (nSPS) is 36.5. The van der Waals surface area contributed by atoms with Crippen molar-refractivity contribution in [3.8, 4) is 0 Å². The van der Waals surface area contributed by atoms with Crippen LogP contribution >= 0.6 is 0 Å². The maximum atomic E-state index is 14.1. The number of aliphatic hydroxyl groups is 2. The fourth-order valence-corrected chi connectivity index (χ4v) is 2.47. The molecule has 2 aliphatic rings. The summed E-state index contributed by atoms with van der Waals surface area (Å²) in [7, 11) is 0. The van der Waals surface area contributed by atoms with Gasteiger partial charge in [-0.3, -0.25) is 0 Å². The first kappa shape index (κ1) is 13.4. The molecule has 1 aromatic heterocycles. The fourth-order valence-electron chi connectivity index (χ4n) is 2.47. The van der Waals surface area contributed by atoms with Crippen LogP contribution in [0.3, 0.4) is 0 Å². The molecule has 0 spiro atoms. The standard InChI is InChI=1S/C11H16FN5O3/c1-4-15-10(13)11-14-2-5(17(11)16-4)9-7(12)8(19)6(3-18)20-9/h2,6-10,18-19H,3,13H2,1H3,(H,15,16)/t6-,7-,8-,9+,10?/m1/s1. The third-order valence-electron chi connectivity index (χ3n) is 3.47. The molecule has 0 aromatic carbocycles. The first-order valence-corrected chi connectivity index (χ1v) is 6.26. The summed E-state index contributed by atoms with van der Waals surface area (Å²) in [6.07, 6.45) is -4.15. The van der Waals surface area contributed by atoms with E-state index in [2.05, 4.69) is 15.4 Å². The zero-order chi connectivity index (χ0) is 14.4. The quantitative estimate of drug-likeness (QED) is 0.539. The molecule has 0 bridgehead atoms. The lowest BCUT2D eigenvalue weighted by Gasteiger charge is -2.22. The van der Waals surface area contributed by atoms with Gasteiger partial charge in [-0.15, -0.1) is 0 Å². The van der Waals surface area contributed by atoms with Gasteiger partial charge in [-0.2, -0.15) is 5.10 Å². The maximum absolute atomic E-state index is 14.1. The summed E-state index contributed by atoms with van der Waals surface area (Å²) < 4.78 is 20.9. The number of imidazole rings is 1. The topological polar surface area (TPSA) is 118 Å². The number of amidine groups is 1. The molecule has 1 fully saturated rings. The van der Waals surface area contributed by atoms with Gasteiger partial charge in [0.1, 0.15) is 30.3 Å². The molecule has 8 nitrogen and oxygen atoms in total. The van der Waals surface area contributed by atoms with Crippen LogP contribution in [0.1, 0.15) is 30.7 Å². The van der Waals surface area contributed by atoms with Crippen molar-refractivity contribution >= 4 is 5.84 Å². The second-order valence-electron chi connectivity index (χ2n) is 4.87. The molecule has 5 atom stereocenters. The Bertz CT molecular complexity index is 548. The van der Waals surface area contributed by atoms with Crippen LogP contribution in [0.5, 0.6) is 0 Å². The van der Waals surface area contributed by atoms with E-state index in [0.29, 0.717) is 17.4 Å². The first-order chi connectivity index (χ1) is 9.52. The van der Waals surface area contributed by atoms with Crippen LogP contribution in [-0.4, -0.2) is 50.7 Å². The largest absolute Gasteiger partial charge is 0.394 e. The average Bonchev–Trinajstić information content (AvgIpc) is 2.93. The second-order valence-corrected chi connectivity index (χ2v) is 4.87. The number of aromatic nitrogens is 2. The van der Waals surface area contributed by atoms with Crippen molar-refractivity contribution in [2.45, 2.75) is 37.6 Å². The number of hydrogen-bond donors (Lipinski definition) is 4. The Balaban J connectivity index is 1.97. The molecule has 20 heavy (non-hydrogen) atoms. The average molecular weight is 285 g/mol. The number of nitrogens with two attached hydrogens (primary N) is 1. The fraction of sp³-hybridized carbons (Fsp3) is 0.636. The highest BCUT2D eigenvalue weighted by molar-refractivity contribution is 5.80.